The highest BCUT2D eigenvalue weighted by Crippen LogP contribution is 2.31. The van der Waals surface area contributed by atoms with Crippen molar-refractivity contribution in [3.63, 3.8) is 0 Å². The van der Waals surface area contributed by atoms with E-state index >= 15 is 0 Å². The van der Waals surface area contributed by atoms with Crippen LogP contribution < -0.4 is 10.1 Å². The first-order valence-electron chi connectivity index (χ1n) is 6.65. The maximum Gasteiger partial charge on any atom is 0.262 e. The number of carbonyl (C=O) groups excluding carboxylic acids is 1. The fourth-order valence-electron chi connectivity index (χ4n) is 2.43. The number of rotatable bonds is 2. The number of morpholine rings is 1. The number of anilines is 1. The lowest BCUT2D eigenvalue weighted by atomic mass is 10.2. The van der Waals surface area contributed by atoms with E-state index in [1.54, 1.807) is 13.0 Å². The predicted molar refractivity (Wildman–Crippen MR) is 74.7 cm³/mol. The summed E-state index contributed by atoms with van der Waals surface area (Å²) >= 11 is 0. The van der Waals surface area contributed by atoms with Gasteiger partial charge in [0, 0.05) is 12.6 Å². The minimum Gasteiger partial charge on any atom is -0.482 e. The van der Waals surface area contributed by atoms with Crippen molar-refractivity contribution < 1.29 is 22.7 Å². The van der Waals surface area contributed by atoms with Gasteiger partial charge in [-0.1, -0.05) is 0 Å². The van der Waals surface area contributed by atoms with Crippen molar-refractivity contribution >= 4 is 21.6 Å². The summed E-state index contributed by atoms with van der Waals surface area (Å²) in [6.07, 6.45) is 0. The van der Waals surface area contributed by atoms with Gasteiger partial charge in [-0.25, -0.2) is 8.42 Å². The second-order valence-electron chi connectivity index (χ2n) is 5.03. The Morgan fingerprint density at radius 3 is 2.95 bits per heavy atom. The monoisotopic (exact) mass is 312 g/mol. The van der Waals surface area contributed by atoms with Gasteiger partial charge in [0.25, 0.3) is 5.91 Å². The van der Waals surface area contributed by atoms with Crippen LogP contribution in [0, 0.1) is 0 Å². The summed E-state index contributed by atoms with van der Waals surface area (Å²) in [7, 11) is -3.62. The molecule has 114 valence electrons. The molecular weight excluding hydrogens is 296 g/mol. The van der Waals surface area contributed by atoms with Crippen LogP contribution in [0.15, 0.2) is 23.1 Å². The zero-order valence-corrected chi connectivity index (χ0v) is 12.4. The molecule has 0 aromatic heterocycles. The molecule has 3 rings (SSSR count). The largest absolute Gasteiger partial charge is 0.482 e. The summed E-state index contributed by atoms with van der Waals surface area (Å²) in [5.74, 6) is 0.181. The molecule has 0 spiro atoms. The van der Waals surface area contributed by atoms with Crippen molar-refractivity contribution in [1.82, 2.24) is 4.31 Å². The van der Waals surface area contributed by atoms with E-state index in [0.29, 0.717) is 31.2 Å². The zero-order chi connectivity index (χ0) is 15.0. The van der Waals surface area contributed by atoms with Gasteiger partial charge in [-0.2, -0.15) is 4.31 Å². The maximum atomic E-state index is 12.7. The van der Waals surface area contributed by atoms with Crippen LogP contribution in [0.2, 0.25) is 0 Å². The molecule has 0 saturated carbocycles. The minimum absolute atomic E-state index is 0.0560. The lowest BCUT2D eigenvalue weighted by molar-refractivity contribution is -0.118. The fourth-order valence-corrected chi connectivity index (χ4v) is 4.05. The first kappa shape index (κ1) is 14.3. The first-order chi connectivity index (χ1) is 9.98. The molecule has 1 fully saturated rings. The Labute approximate surface area is 122 Å². The number of benzene rings is 1. The molecule has 7 nitrogen and oxygen atoms in total. The minimum atomic E-state index is -3.62. The molecule has 1 amide bonds. The molecule has 2 heterocycles. The van der Waals surface area contributed by atoms with Crippen LogP contribution in [-0.4, -0.2) is 51.0 Å². The lowest BCUT2D eigenvalue weighted by Crippen LogP contribution is -2.46. The number of fused-ring (bicyclic) bond motifs is 1. The molecule has 0 bridgehead atoms. The Morgan fingerprint density at radius 2 is 2.19 bits per heavy atom. The summed E-state index contributed by atoms with van der Waals surface area (Å²) < 4.78 is 37.3. The number of carbonyl (C=O) groups is 1. The van der Waals surface area contributed by atoms with Crippen molar-refractivity contribution in [2.75, 3.05) is 31.7 Å². The third-order valence-electron chi connectivity index (χ3n) is 3.50. The molecule has 0 aliphatic carbocycles. The number of hydrogen-bond donors (Lipinski definition) is 1. The van der Waals surface area contributed by atoms with E-state index in [2.05, 4.69) is 5.32 Å². The molecule has 1 atom stereocenters. The fraction of sp³-hybridized carbons (Fsp3) is 0.462. The molecule has 21 heavy (non-hydrogen) atoms. The van der Waals surface area contributed by atoms with Crippen molar-refractivity contribution in [3.05, 3.63) is 18.2 Å². The van der Waals surface area contributed by atoms with E-state index in [-0.39, 0.29) is 23.5 Å². The van der Waals surface area contributed by atoms with E-state index in [1.807, 2.05) is 0 Å². The van der Waals surface area contributed by atoms with Crippen LogP contribution in [0.25, 0.3) is 0 Å². The standard InChI is InChI=1S/C13H16N2O5S/c1-9-7-19-5-4-15(9)21(17,18)10-2-3-12-11(6-10)14-13(16)8-20-12/h2-3,6,9H,4-5,7-8H2,1H3,(H,14,16)/t9-/m1/s1. The van der Waals surface area contributed by atoms with Gasteiger partial charge in [0.05, 0.1) is 23.8 Å². The highest BCUT2D eigenvalue weighted by atomic mass is 32.2. The molecule has 8 heteroatoms. The summed E-state index contributed by atoms with van der Waals surface area (Å²) in [6.45, 7) is 2.83. The van der Waals surface area contributed by atoms with Crippen LogP contribution in [0.4, 0.5) is 5.69 Å². The normalized spacial score (nSPS) is 23.1. The second-order valence-corrected chi connectivity index (χ2v) is 6.93. The van der Waals surface area contributed by atoms with Gasteiger partial charge in [0.2, 0.25) is 10.0 Å². The number of sulfonamides is 1. The van der Waals surface area contributed by atoms with E-state index in [0.717, 1.165) is 0 Å². The molecule has 1 N–H and O–H groups in total. The average molecular weight is 312 g/mol. The summed E-state index contributed by atoms with van der Waals surface area (Å²) in [5, 5.41) is 2.61. The number of nitrogens with one attached hydrogen (secondary N) is 1. The predicted octanol–water partition coefficient (Wildman–Crippen LogP) is 0.427. The zero-order valence-electron chi connectivity index (χ0n) is 11.5. The van der Waals surface area contributed by atoms with Crippen LogP contribution in [0.3, 0.4) is 0 Å². The highest BCUT2D eigenvalue weighted by molar-refractivity contribution is 7.89. The molecule has 0 unspecified atom stereocenters. The summed E-state index contributed by atoms with van der Waals surface area (Å²) in [4.78, 5) is 11.5. The second kappa shape index (κ2) is 5.28. The van der Waals surface area contributed by atoms with Gasteiger partial charge >= 0.3 is 0 Å². The Kier molecular flexibility index (Phi) is 3.60. The van der Waals surface area contributed by atoms with Crippen molar-refractivity contribution in [2.45, 2.75) is 17.9 Å². The van der Waals surface area contributed by atoms with Crippen molar-refractivity contribution in [2.24, 2.45) is 0 Å². The Bertz CT molecular complexity index is 673. The van der Waals surface area contributed by atoms with E-state index in [9.17, 15) is 13.2 Å². The molecule has 1 aromatic carbocycles. The molecule has 1 saturated heterocycles. The van der Waals surface area contributed by atoms with Gasteiger partial charge < -0.3 is 14.8 Å². The van der Waals surface area contributed by atoms with E-state index in [4.69, 9.17) is 9.47 Å². The molecule has 2 aliphatic rings. The summed E-state index contributed by atoms with van der Waals surface area (Å²) in [5.41, 5.74) is 0.383. The van der Waals surface area contributed by atoms with E-state index in [1.165, 1.54) is 16.4 Å². The molecular formula is C13H16N2O5S. The first-order valence-corrected chi connectivity index (χ1v) is 8.09. The quantitative estimate of drug-likeness (QED) is 0.856. The van der Waals surface area contributed by atoms with E-state index < -0.39 is 10.0 Å². The number of nitrogens with zero attached hydrogens (tertiary/aromatic N) is 1. The van der Waals surface area contributed by atoms with Crippen LogP contribution in [0.5, 0.6) is 5.75 Å². The van der Waals surface area contributed by atoms with Gasteiger partial charge in [-0.05, 0) is 25.1 Å². The highest BCUT2D eigenvalue weighted by Gasteiger charge is 2.32. The van der Waals surface area contributed by atoms with Crippen LogP contribution >= 0.6 is 0 Å². The van der Waals surface area contributed by atoms with Crippen LogP contribution in [-0.2, 0) is 19.6 Å². The van der Waals surface area contributed by atoms with Gasteiger partial charge in [-0.15, -0.1) is 0 Å². The molecule has 0 radical (unpaired) electrons. The molecule has 1 aromatic rings. The van der Waals surface area contributed by atoms with Crippen LogP contribution in [0.1, 0.15) is 6.92 Å². The Morgan fingerprint density at radius 1 is 1.38 bits per heavy atom. The number of hydrogen-bond acceptors (Lipinski definition) is 5. The topological polar surface area (TPSA) is 84.9 Å². The Hall–Kier alpha value is -1.64. The molecule has 2 aliphatic heterocycles. The lowest BCUT2D eigenvalue weighted by Gasteiger charge is -2.32. The number of ether oxygens (including phenoxy) is 2. The summed E-state index contributed by atoms with van der Waals surface area (Å²) in [6, 6.07) is 4.27. The van der Waals surface area contributed by atoms with Gasteiger partial charge in [-0.3, -0.25) is 4.79 Å². The smallest absolute Gasteiger partial charge is 0.262 e. The third kappa shape index (κ3) is 2.61. The maximum absolute atomic E-state index is 12.7. The Balaban J connectivity index is 1.95. The average Bonchev–Trinajstić information content (AvgIpc) is 2.46. The SMILES string of the molecule is C[C@@H]1COCCN1S(=O)(=O)c1ccc2c(c1)NC(=O)CO2. The van der Waals surface area contributed by atoms with Gasteiger partial charge in [0.1, 0.15) is 5.75 Å². The third-order valence-corrected chi connectivity index (χ3v) is 5.51. The van der Waals surface area contributed by atoms with Crippen molar-refractivity contribution in [1.29, 1.82) is 0 Å². The number of amides is 1. The van der Waals surface area contributed by atoms with Crippen molar-refractivity contribution in [3.8, 4) is 5.75 Å². The van der Waals surface area contributed by atoms with Gasteiger partial charge in [0.15, 0.2) is 6.61 Å².